The molecule has 0 saturated heterocycles. The normalized spacial score (nSPS) is 10.7. The fourth-order valence-electron chi connectivity index (χ4n) is 3.33. The first-order chi connectivity index (χ1) is 14.6. The van der Waals surface area contributed by atoms with Gasteiger partial charge in [0.1, 0.15) is 17.2 Å². The van der Waals surface area contributed by atoms with E-state index in [0.29, 0.717) is 30.1 Å². The minimum Gasteiger partial charge on any atom is -0.497 e. The summed E-state index contributed by atoms with van der Waals surface area (Å²) in [5.74, 6) is 1.32. The highest BCUT2D eigenvalue weighted by Crippen LogP contribution is 2.27. The Morgan fingerprint density at radius 1 is 1.10 bits per heavy atom. The number of amides is 1. The van der Waals surface area contributed by atoms with Gasteiger partial charge >= 0.3 is 0 Å². The molecule has 2 heterocycles. The van der Waals surface area contributed by atoms with E-state index >= 15 is 0 Å². The van der Waals surface area contributed by atoms with Gasteiger partial charge in [0.2, 0.25) is 0 Å². The van der Waals surface area contributed by atoms with Gasteiger partial charge < -0.3 is 14.1 Å². The zero-order valence-corrected chi connectivity index (χ0v) is 17.0. The number of hydrogen-bond acceptors (Lipinski definition) is 4. The number of methoxy groups -OCH3 is 1. The molecule has 4 aromatic rings. The van der Waals surface area contributed by atoms with Gasteiger partial charge in [-0.05, 0) is 29.8 Å². The maximum absolute atomic E-state index is 13.3. The van der Waals surface area contributed by atoms with Gasteiger partial charge in [-0.3, -0.25) is 9.48 Å². The highest BCUT2D eigenvalue weighted by molar-refractivity contribution is 5.99. The molecule has 30 heavy (non-hydrogen) atoms. The van der Waals surface area contributed by atoms with Crippen LogP contribution < -0.4 is 4.74 Å². The van der Waals surface area contributed by atoms with Gasteiger partial charge in [-0.15, -0.1) is 0 Å². The molecule has 0 atom stereocenters. The molecule has 0 aliphatic heterocycles. The standard InChI is InChI=1S/C24H23N3O3/c1-26(16-21-12-7-13-30-21)24(28)22-17-27(15-18-8-4-3-5-9-18)25-23(22)19-10-6-11-20(14-19)29-2/h3-14,17H,15-16H2,1-2H3. The summed E-state index contributed by atoms with van der Waals surface area (Å²) in [4.78, 5) is 14.9. The van der Waals surface area contributed by atoms with E-state index in [-0.39, 0.29) is 5.91 Å². The van der Waals surface area contributed by atoms with Crippen molar-refractivity contribution >= 4 is 5.91 Å². The van der Waals surface area contributed by atoms with Crippen LogP contribution >= 0.6 is 0 Å². The van der Waals surface area contributed by atoms with Crippen LogP contribution in [0.1, 0.15) is 21.7 Å². The van der Waals surface area contributed by atoms with Crippen molar-refractivity contribution in [2.24, 2.45) is 0 Å². The first kappa shape index (κ1) is 19.5. The summed E-state index contributed by atoms with van der Waals surface area (Å²) in [5, 5.41) is 4.74. The van der Waals surface area contributed by atoms with Crippen LogP contribution in [0.3, 0.4) is 0 Å². The average molecular weight is 401 g/mol. The van der Waals surface area contributed by atoms with E-state index in [2.05, 4.69) is 0 Å². The molecule has 0 bridgehead atoms. The highest BCUT2D eigenvalue weighted by Gasteiger charge is 2.22. The van der Waals surface area contributed by atoms with E-state index in [1.165, 1.54) is 0 Å². The number of nitrogens with zero attached hydrogens (tertiary/aromatic N) is 3. The molecule has 0 spiro atoms. The van der Waals surface area contributed by atoms with Gasteiger partial charge in [0.05, 0.1) is 32.0 Å². The van der Waals surface area contributed by atoms with Crippen molar-refractivity contribution in [3.63, 3.8) is 0 Å². The van der Waals surface area contributed by atoms with E-state index in [1.807, 2.05) is 72.9 Å². The van der Waals surface area contributed by atoms with Crippen molar-refractivity contribution in [1.29, 1.82) is 0 Å². The van der Waals surface area contributed by atoms with E-state index < -0.39 is 0 Å². The Balaban J connectivity index is 1.69. The van der Waals surface area contributed by atoms with Crippen LogP contribution in [0.25, 0.3) is 11.3 Å². The third-order valence-electron chi connectivity index (χ3n) is 4.84. The number of ether oxygens (including phenoxy) is 1. The van der Waals surface area contributed by atoms with E-state index in [1.54, 1.807) is 30.0 Å². The third-order valence-corrected chi connectivity index (χ3v) is 4.84. The van der Waals surface area contributed by atoms with Crippen molar-refractivity contribution in [2.75, 3.05) is 14.2 Å². The van der Waals surface area contributed by atoms with Crippen molar-refractivity contribution in [3.05, 3.63) is 96.1 Å². The van der Waals surface area contributed by atoms with E-state index in [0.717, 1.165) is 16.9 Å². The lowest BCUT2D eigenvalue weighted by molar-refractivity contribution is 0.0776. The number of hydrogen-bond donors (Lipinski definition) is 0. The predicted octanol–water partition coefficient (Wildman–Crippen LogP) is 4.47. The van der Waals surface area contributed by atoms with Crippen LogP contribution in [0.4, 0.5) is 0 Å². The van der Waals surface area contributed by atoms with Gasteiger partial charge in [-0.2, -0.15) is 5.10 Å². The third kappa shape index (κ3) is 4.27. The summed E-state index contributed by atoms with van der Waals surface area (Å²) in [5.41, 5.74) is 3.10. The lowest BCUT2D eigenvalue weighted by atomic mass is 10.1. The van der Waals surface area contributed by atoms with Crippen molar-refractivity contribution < 1.29 is 13.9 Å². The lowest BCUT2D eigenvalue weighted by Gasteiger charge is -2.15. The Morgan fingerprint density at radius 3 is 2.67 bits per heavy atom. The smallest absolute Gasteiger partial charge is 0.257 e. The Labute approximate surface area is 175 Å². The Hall–Kier alpha value is -3.80. The van der Waals surface area contributed by atoms with Gasteiger partial charge in [0.25, 0.3) is 5.91 Å². The second kappa shape index (κ2) is 8.69. The molecule has 2 aromatic heterocycles. The monoisotopic (exact) mass is 401 g/mol. The summed E-state index contributed by atoms with van der Waals surface area (Å²) >= 11 is 0. The van der Waals surface area contributed by atoms with Crippen LogP contribution in [0.2, 0.25) is 0 Å². The number of carbonyl (C=O) groups is 1. The van der Waals surface area contributed by atoms with Crippen molar-refractivity contribution in [3.8, 4) is 17.0 Å². The molecule has 0 aliphatic rings. The number of furan rings is 1. The number of carbonyl (C=O) groups excluding carboxylic acids is 1. The molecular weight excluding hydrogens is 378 g/mol. The van der Waals surface area contributed by atoms with Gasteiger partial charge in [0.15, 0.2) is 0 Å². The molecule has 0 fully saturated rings. The summed E-state index contributed by atoms with van der Waals surface area (Å²) in [6.45, 7) is 0.959. The largest absolute Gasteiger partial charge is 0.497 e. The van der Waals surface area contributed by atoms with Crippen molar-refractivity contribution in [1.82, 2.24) is 14.7 Å². The molecule has 2 aromatic carbocycles. The molecule has 0 unspecified atom stereocenters. The van der Waals surface area contributed by atoms with Crippen molar-refractivity contribution in [2.45, 2.75) is 13.1 Å². The summed E-state index contributed by atoms with van der Waals surface area (Å²) in [6, 6.07) is 21.3. The summed E-state index contributed by atoms with van der Waals surface area (Å²) in [7, 11) is 3.38. The molecule has 0 N–H and O–H groups in total. The Bertz CT molecular complexity index is 1120. The minimum absolute atomic E-state index is 0.122. The maximum Gasteiger partial charge on any atom is 0.257 e. The van der Waals surface area contributed by atoms with Gasteiger partial charge in [-0.25, -0.2) is 0 Å². The van der Waals surface area contributed by atoms with Crippen LogP contribution in [0, 0.1) is 0 Å². The summed E-state index contributed by atoms with van der Waals surface area (Å²) in [6.07, 6.45) is 3.41. The Morgan fingerprint density at radius 2 is 1.93 bits per heavy atom. The molecule has 0 aliphatic carbocycles. The number of aromatic nitrogens is 2. The van der Waals surface area contributed by atoms with E-state index in [9.17, 15) is 4.79 Å². The second-order valence-electron chi connectivity index (χ2n) is 7.05. The number of benzene rings is 2. The van der Waals surface area contributed by atoms with Crippen LogP contribution in [0.5, 0.6) is 5.75 Å². The first-order valence-electron chi connectivity index (χ1n) is 9.67. The molecule has 152 valence electrons. The Kier molecular flexibility index (Phi) is 5.66. The van der Waals surface area contributed by atoms with Crippen LogP contribution in [-0.4, -0.2) is 34.7 Å². The fourth-order valence-corrected chi connectivity index (χ4v) is 3.33. The summed E-state index contributed by atoms with van der Waals surface area (Å²) < 4.78 is 12.5. The average Bonchev–Trinajstić information content (AvgIpc) is 3.44. The first-order valence-corrected chi connectivity index (χ1v) is 9.67. The van der Waals surface area contributed by atoms with Crippen LogP contribution in [-0.2, 0) is 13.1 Å². The lowest BCUT2D eigenvalue weighted by Crippen LogP contribution is -2.26. The topological polar surface area (TPSA) is 60.5 Å². The second-order valence-corrected chi connectivity index (χ2v) is 7.05. The molecular formula is C24H23N3O3. The molecule has 0 radical (unpaired) electrons. The predicted molar refractivity (Wildman–Crippen MR) is 114 cm³/mol. The van der Waals surface area contributed by atoms with E-state index in [4.69, 9.17) is 14.3 Å². The highest BCUT2D eigenvalue weighted by atomic mass is 16.5. The minimum atomic E-state index is -0.122. The number of rotatable bonds is 7. The molecule has 0 saturated carbocycles. The van der Waals surface area contributed by atoms with Gasteiger partial charge in [0, 0.05) is 18.8 Å². The molecule has 6 heteroatoms. The van der Waals surface area contributed by atoms with Gasteiger partial charge in [-0.1, -0.05) is 42.5 Å². The maximum atomic E-state index is 13.3. The van der Waals surface area contributed by atoms with Crippen LogP contribution in [0.15, 0.2) is 83.6 Å². The fraction of sp³-hybridized carbons (Fsp3) is 0.167. The SMILES string of the molecule is COc1cccc(-c2nn(Cc3ccccc3)cc2C(=O)N(C)Cc2ccco2)c1. The zero-order valence-electron chi connectivity index (χ0n) is 17.0. The molecule has 6 nitrogen and oxygen atoms in total. The molecule has 4 rings (SSSR count). The zero-order chi connectivity index (χ0) is 20.9. The molecule has 1 amide bonds. The quantitative estimate of drug-likeness (QED) is 0.458.